The van der Waals surface area contributed by atoms with Gasteiger partial charge in [-0.1, -0.05) is 19.9 Å². The molecule has 2 amide bonds. The number of hydrogen-bond donors (Lipinski definition) is 1. The number of nitrogens with zero attached hydrogens (tertiary/aromatic N) is 5. The molecule has 3 aromatic rings. The van der Waals surface area contributed by atoms with Crippen LogP contribution in [0.15, 0.2) is 24.4 Å². The zero-order chi connectivity index (χ0) is 27.9. The van der Waals surface area contributed by atoms with Gasteiger partial charge in [0.2, 0.25) is 0 Å². The van der Waals surface area contributed by atoms with E-state index in [2.05, 4.69) is 25.2 Å². The topological polar surface area (TPSA) is 122 Å². The number of amides is 2. The van der Waals surface area contributed by atoms with Gasteiger partial charge in [-0.3, -0.25) is 4.79 Å². The molecule has 0 aliphatic carbocycles. The lowest BCUT2D eigenvalue weighted by Gasteiger charge is -2.33. The van der Waals surface area contributed by atoms with Crippen molar-refractivity contribution < 1.29 is 19.1 Å². The summed E-state index contributed by atoms with van der Waals surface area (Å²) in [5, 5.41) is 18.6. The maximum absolute atomic E-state index is 12.6. The molecule has 1 fully saturated rings. The lowest BCUT2D eigenvalue weighted by molar-refractivity contribution is -0.118. The van der Waals surface area contributed by atoms with Gasteiger partial charge in [-0.05, 0) is 63.6 Å². The van der Waals surface area contributed by atoms with Gasteiger partial charge in [-0.25, -0.2) is 14.5 Å². The van der Waals surface area contributed by atoms with Gasteiger partial charge >= 0.3 is 6.09 Å². The summed E-state index contributed by atoms with van der Waals surface area (Å²) in [5.41, 5.74) is 3.61. The van der Waals surface area contributed by atoms with Crippen LogP contribution in [0, 0.1) is 17.2 Å². The molecule has 10 nitrogen and oxygen atoms in total. The second-order valence-electron chi connectivity index (χ2n) is 11.6. The number of ether oxygens (including phenoxy) is 2. The molecular weight excluding hydrogens is 496 g/mol. The number of hydrogen-bond acceptors (Lipinski definition) is 7. The molecule has 1 saturated heterocycles. The highest BCUT2D eigenvalue weighted by Gasteiger charge is 2.30. The average molecular weight is 531 g/mol. The third-order valence-electron chi connectivity index (χ3n) is 6.90. The molecule has 2 aliphatic rings. The van der Waals surface area contributed by atoms with Crippen LogP contribution in [-0.2, 0) is 16.0 Å². The lowest BCUT2D eigenvalue weighted by Crippen LogP contribution is -2.42. The molecule has 39 heavy (non-hydrogen) atoms. The number of piperidine rings is 1. The van der Waals surface area contributed by atoms with Gasteiger partial charge < -0.3 is 19.7 Å². The van der Waals surface area contributed by atoms with Gasteiger partial charge in [-0.2, -0.15) is 10.4 Å². The summed E-state index contributed by atoms with van der Waals surface area (Å²) in [6.45, 7) is 10.9. The number of benzene rings is 1. The number of aromatic nitrogens is 3. The van der Waals surface area contributed by atoms with Crippen molar-refractivity contribution in [3.05, 3.63) is 35.7 Å². The van der Waals surface area contributed by atoms with E-state index in [1.807, 2.05) is 37.6 Å². The van der Waals surface area contributed by atoms with Crippen molar-refractivity contribution in [2.24, 2.45) is 5.92 Å². The third-order valence-corrected chi connectivity index (χ3v) is 6.90. The van der Waals surface area contributed by atoms with Crippen molar-refractivity contribution in [1.29, 1.82) is 5.26 Å². The van der Waals surface area contributed by atoms with Crippen LogP contribution in [0.2, 0.25) is 0 Å². The van der Waals surface area contributed by atoms with Gasteiger partial charge in [0, 0.05) is 24.0 Å². The maximum atomic E-state index is 12.6. The van der Waals surface area contributed by atoms with Crippen LogP contribution in [0.25, 0.3) is 22.2 Å². The number of nitriles is 1. The summed E-state index contributed by atoms with van der Waals surface area (Å²) in [6, 6.07) is 8.01. The van der Waals surface area contributed by atoms with Gasteiger partial charge in [0.05, 0.1) is 29.2 Å². The van der Waals surface area contributed by atoms with Crippen molar-refractivity contribution in [2.75, 3.05) is 25.0 Å². The molecule has 0 unspecified atom stereocenters. The minimum absolute atomic E-state index is 0.0498. The fourth-order valence-electron chi connectivity index (χ4n) is 5.18. The number of carbonyl (C=O) groups excluding carboxylic acids is 2. The Balaban J connectivity index is 1.54. The first kappa shape index (κ1) is 26.5. The number of fused-ring (bicyclic) bond motifs is 2. The molecule has 2 aliphatic heterocycles. The molecule has 1 aromatic carbocycles. The Morgan fingerprint density at radius 3 is 2.69 bits per heavy atom. The van der Waals surface area contributed by atoms with Crippen molar-refractivity contribution >= 4 is 28.7 Å². The molecule has 0 bridgehead atoms. The molecule has 10 heteroatoms. The first-order chi connectivity index (χ1) is 18.5. The molecule has 2 aromatic heterocycles. The highest BCUT2D eigenvalue weighted by atomic mass is 16.6. The summed E-state index contributed by atoms with van der Waals surface area (Å²) in [5.74, 6) is 0.663. The van der Waals surface area contributed by atoms with Crippen LogP contribution < -0.4 is 10.1 Å². The summed E-state index contributed by atoms with van der Waals surface area (Å²) in [7, 11) is 0. The van der Waals surface area contributed by atoms with Crippen molar-refractivity contribution in [1.82, 2.24) is 19.7 Å². The van der Waals surface area contributed by atoms with Gasteiger partial charge in [0.15, 0.2) is 12.3 Å². The van der Waals surface area contributed by atoms with Crippen LogP contribution in [0.1, 0.15) is 64.8 Å². The first-order valence-corrected chi connectivity index (χ1v) is 13.4. The van der Waals surface area contributed by atoms with E-state index in [-0.39, 0.29) is 24.6 Å². The normalized spacial score (nSPS) is 16.0. The zero-order valence-electron chi connectivity index (χ0n) is 23.1. The molecule has 4 heterocycles. The summed E-state index contributed by atoms with van der Waals surface area (Å²) in [6.07, 6.45) is 3.57. The van der Waals surface area contributed by atoms with E-state index in [4.69, 9.17) is 19.6 Å². The number of nitrogens with one attached hydrogen (secondary N) is 1. The van der Waals surface area contributed by atoms with Crippen molar-refractivity contribution in [2.45, 2.75) is 65.5 Å². The summed E-state index contributed by atoms with van der Waals surface area (Å²) >= 11 is 0. The summed E-state index contributed by atoms with van der Waals surface area (Å²) < 4.78 is 13.2. The van der Waals surface area contributed by atoms with Crippen molar-refractivity contribution in [3.8, 4) is 22.9 Å². The largest absolute Gasteiger partial charge is 0.482 e. The Bertz CT molecular complexity index is 1470. The molecule has 204 valence electrons. The van der Waals surface area contributed by atoms with E-state index < -0.39 is 5.60 Å². The lowest BCUT2D eigenvalue weighted by atomic mass is 9.93. The minimum Gasteiger partial charge on any atom is -0.482 e. The number of anilines is 1. The maximum Gasteiger partial charge on any atom is 0.410 e. The van der Waals surface area contributed by atoms with E-state index in [1.54, 1.807) is 17.2 Å². The monoisotopic (exact) mass is 530 g/mol. The number of pyridine rings is 1. The number of carbonyl (C=O) groups is 2. The van der Waals surface area contributed by atoms with Crippen LogP contribution >= 0.6 is 0 Å². The van der Waals surface area contributed by atoms with Crippen LogP contribution in [-0.4, -0.2) is 57.0 Å². The molecule has 0 radical (unpaired) electrons. The SMILES string of the molecule is CC(C)Cc1nc2c(cnn2C2CCN(C(=O)OC(C)(C)C)CC2)c(-c2ccc3c(c2)OCC(=O)N3)c1C#N. The number of rotatable bonds is 4. The number of likely N-dealkylation sites (tertiary alicyclic amines) is 1. The minimum atomic E-state index is -0.537. The molecule has 0 atom stereocenters. The standard InChI is InChI=1S/C29H34N6O4/c1-17(2)12-23-20(14-30)26(18-6-7-22-24(13-18)38-16-25(36)32-22)21-15-31-35(27(21)33-23)19-8-10-34(11-9-19)28(37)39-29(3,4)5/h6-7,13,15,17,19H,8-12,16H2,1-5H3,(H,32,36). The quantitative estimate of drug-likeness (QED) is 0.500. The molecule has 0 saturated carbocycles. The third kappa shape index (κ3) is 5.39. The Labute approximate surface area is 227 Å². The van der Waals surface area contributed by atoms with E-state index in [9.17, 15) is 14.9 Å². The second kappa shape index (κ2) is 10.2. The van der Waals surface area contributed by atoms with Crippen LogP contribution in [0.3, 0.4) is 0 Å². The van der Waals surface area contributed by atoms with E-state index >= 15 is 0 Å². The average Bonchev–Trinajstić information content (AvgIpc) is 3.29. The Morgan fingerprint density at radius 1 is 1.28 bits per heavy atom. The zero-order valence-corrected chi connectivity index (χ0v) is 23.1. The predicted molar refractivity (Wildman–Crippen MR) is 146 cm³/mol. The van der Waals surface area contributed by atoms with E-state index in [1.165, 1.54) is 0 Å². The van der Waals surface area contributed by atoms with Gasteiger partial charge in [0.25, 0.3) is 5.91 Å². The predicted octanol–water partition coefficient (Wildman–Crippen LogP) is 5.07. The van der Waals surface area contributed by atoms with Crippen molar-refractivity contribution in [3.63, 3.8) is 0 Å². The smallest absolute Gasteiger partial charge is 0.410 e. The Morgan fingerprint density at radius 2 is 2.03 bits per heavy atom. The molecule has 1 N–H and O–H groups in total. The molecule has 5 rings (SSSR count). The Hall–Kier alpha value is -4.13. The molecular formula is C29H34N6O4. The Kier molecular flexibility index (Phi) is 6.93. The first-order valence-electron chi connectivity index (χ1n) is 13.4. The van der Waals surface area contributed by atoms with Crippen LogP contribution in [0.5, 0.6) is 5.75 Å². The van der Waals surface area contributed by atoms with Gasteiger partial charge in [-0.15, -0.1) is 0 Å². The highest BCUT2D eigenvalue weighted by Crippen LogP contribution is 2.39. The van der Waals surface area contributed by atoms with Crippen LogP contribution in [0.4, 0.5) is 10.5 Å². The second-order valence-corrected chi connectivity index (χ2v) is 11.6. The molecule has 0 spiro atoms. The fraction of sp³-hybridized carbons (Fsp3) is 0.483. The highest BCUT2D eigenvalue weighted by molar-refractivity contribution is 5.99. The van der Waals surface area contributed by atoms with E-state index in [0.29, 0.717) is 42.4 Å². The summed E-state index contributed by atoms with van der Waals surface area (Å²) in [4.78, 5) is 31.0. The van der Waals surface area contributed by atoms with E-state index in [0.717, 1.165) is 40.7 Å². The van der Waals surface area contributed by atoms with Gasteiger partial charge in [0.1, 0.15) is 17.4 Å². The fourth-order valence-corrected chi connectivity index (χ4v) is 5.18.